The highest BCUT2D eigenvalue weighted by molar-refractivity contribution is 5.77. The lowest BCUT2D eigenvalue weighted by atomic mass is 10.2. The van der Waals surface area contributed by atoms with Crippen molar-refractivity contribution in [2.24, 2.45) is 0 Å². The second kappa shape index (κ2) is 6.18. The average molecular weight is 259 g/mol. The lowest BCUT2D eigenvalue weighted by molar-refractivity contribution is 0.409. The van der Waals surface area contributed by atoms with Crippen LogP contribution < -0.4 is 11.4 Å². The summed E-state index contributed by atoms with van der Waals surface area (Å²) >= 11 is 0. The predicted molar refractivity (Wildman–Crippen MR) is 75.4 cm³/mol. The molecule has 1 aromatic heterocycles. The van der Waals surface area contributed by atoms with Crippen molar-refractivity contribution >= 4 is 10.9 Å². The van der Waals surface area contributed by atoms with Crippen LogP contribution >= 0.6 is 0 Å². The molecule has 0 saturated carbocycles. The maximum Gasteiger partial charge on any atom is 0.422 e. The molecule has 2 aromatic rings. The van der Waals surface area contributed by atoms with Crippen molar-refractivity contribution in [3.05, 3.63) is 57.9 Å². The fourth-order valence-corrected chi connectivity index (χ4v) is 2.12. The number of para-hydroxylation sites is 1. The van der Waals surface area contributed by atoms with Gasteiger partial charge in [-0.05, 0) is 31.4 Å². The number of nitrogens with zero attached hydrogens (tertiary/aromatic N) is 1. The molecular weight excluding hydrogens is 242 g/mol. The molecule has 0 N–H and O–H groups in total. The van der Waals surface area contributed by atoms with Gasteiger partial charge in [0.25, 0.3) is 0 Å². The number of allylic oxidation sites excluding steroid dienone is 1. The molecule has 0 aliphatic heterocycles. The minimum atomic E-state index is -0.576. The largest absolute Gasteiger partial charge is 0.422 e. The Morgan fingerprint density at radius 3 is 2.74 bits per heavy atom. The van der Waals surface area contributed by atoms with Crippen LogP contribution in [0.2, 0.25) is 0 Å². The maximum absolute atomic E-state index is 11.8. The van der Waals surface area contributed by atoms with E-state index in [0.717, 1.165) is 25.7 Å². The standard InChI is InChI=1S/C15H17NO3/c1-2-3-4-5-8-11-16-13-10-7-6-9-12(13)14(17)19-15(16)18/h2,6-7,9-10H,1,3-5,8,11H2. The summed E-state index contributed by atoms with van der Waals surface area (Å²) in [5.74, 6) is -0.576. The van der Waals surface area contributed by atoms with Crippen LogP contribution in [0.25, 0.3) is 10.9 Å². The van der Waals surface area contributed by atoms with Gasteiger partial charge in [-0.15, -0.1) is 6.58 Å². The number of aromatic nitrogens is 1. The number of benzene rings is 1. The minimum absolute atomic E-state index is 0.452. The summed E-state index contributed by atoms with van der Waals surface area (Å²) < 4.78 is 6.27. The van der Waals surface area contributed by atoms with E-state index in [2.05, 4.69) is 6.58 Å². The highest BCUT2D eigenvalue weighted by Crippen LogP contribution is 2.09. The number of hydrogen-bond acceptors (Lipinski definition) is 3. The Morgan fingerprint density at radius 1 is 1.16 bits per heavy atom. The summed E-state index contributed by atoms with van der Waals surface area (Å²) in [4.78, 5) is 23.3. The van der Waals surface area contributed by atoms with Crippen LogP contribution in [0.4, 0.5) is 0 Å². The van der Waals surface area contributed by atoms with Crippen molar-refractivity contribution < 1.29 is 4.42 Å². The Hall–Kier alpha value is -2.10. The van der Waals surface area contributed by atoms with Gasteiger partial charge in [-0.3, -0.25) is 4.57 Å². The van der Waals surface area contributed by atoms with Crippen LogP contribution in [0.1, 0.15) is 25.7 Å². The quantitative estimate of drug-likeness (QED) is 0.592. The first-order valence-electron chi connectivity index (χ1n) is 6.47. The van der Waals surface area contributed by atoms with Gasteiger partial charge < -0.3 is 4.42 Å². The molecule has 0 saturated heterocycles. The van der Waals surface area contributed by atoms with Gasteiger partial charge in [0.2, 0.25) is 0 Å². The Kier molecular flexibility index (Phi) is 4.34. The van der Waals surface area contributed by atoms with Crippen LogP contribution in [0.15, 0.2) is 50.9 Å². The third-order valence-electron chi connectivity index (χ3n) is 3.11. The van der Waals surface area contributed by atoms with Gasteiger partial charge in [-0.1, -0.05) is 24.6 Å². The summed E-state index contributed by atoms with van der Waals surface area (Å²) in [7, 11) is 0. The number of rotatable bonds is 6. The van der Waals surface area contributed by atoms with Gasteiger partial charge in [0.1, 0.15) is 0 Å². The second-order valence-electron chi connectivity index (χ2n) is 4.46. The van der Waals surface area contributed by atoms with E-state index in [1.807, 2.05) is 12.1 Å². The van der Waals surface area contributed by atoms with Crippen molar-refractivity contribution in [3.63, 3.8) is 0 Å². The molecule has 0 aliphatic rings. The van der Waals surface area contributed by atoms with E-state index in [9.17, 15) is 9.59 Å². The molecule has 0 radical (unpaired) electrons. The molecule has 0 aliphatic carbocycles. The number of fused-ring (bicyclic) bond motifs is 1. The van der Waals surface area contributed by atoms with Gasteiger partial charge in [-0.2, -0.15) is 0 Å². The first-order valence-corrected chi connectivity index (χ1v) is 6.47. The predicted octanol–water partition coefficient (Wildman–Crippen LogP) is 2.70. The number of aryl methyl sites for hydroxylation is 1. The average Bonchev–Trinajstić information content (AvgIpc) is 2.42. The fourth-order valence-electron chi connectivity index (χ4n) is 2.12. The summed E-state index contributed by atoms with van der Waals surface area (Å²) in [6, 6.07) is 7.03. The van der Waals surface area contributed by atoms with E-state index in [1.54, 1.807) is 18.2 Å². The molecule has 1 heterocycles. The van der Waals surface area contributed by atoms with E-state index in [4.69, 9.17) is 4.42 Å². The molecule has 0 amide bonds. The normalized spacial score (nSPS) is 10.7. The fraction of sp³-hybridized carbons (Fsp3) is 0.333. The van der Waals surface area contributed by atoms with E-state index in [1.165, 1.54) is 4.57 Å². The number of hydrogen-bond donors (Lipinski definition) is 0. The Bertz CT molecular complexity index is 682. The summed E-state index contributed by atoms with van der Waals surface area (Å²) in [6.45, 7) is 4.25. The smallest absolute Gasteiger partial charge is 0.372 e. The van der Waals surface area contributed by atoms with E-state index >= 15 is 0 Å². The highest BCUT2D eigenvalue weighted by atomic mass is 16.4. The summed E-state index contributed by atoms with van der Waals surface area (Å²) in [6.07, 6.45) is 5.84. The van der Waals surface area contributed by atoms with Crippen molar-refractivity contribution in [2.75, 3.05) is 0 Å². The molecule has 0 fully saturated rings. The van der Waals surface area contributed by atoms with Gasteiger partial charge in [0.15, 0.2) is 0 Å². The summed E-state index contributed by atoms with van der Waals surface area (Å²) in [5, 5.41) is 0.452. The minimum Gasteiger partial charge on any atom is -0.372 e. The molecule has 19 heavy (non-hydrogen) atoms. The molecule has 100 valence electrons. The molecule has 4 heteroatoms. The molecule has 0 spiro atoms. The highest BCUT2D eigenvalue weighted by Gasteiger charge is 2.07. The van der Waals surface area contributed by atoms with Gasteiger partial charge in [-0.25, -0.2) is 9.59 Å². The van der Waals surface area contributed by atoms with Gasteiger partial charge >= 0.3 is 11.4 Å². The zero-order valence-electron chi connectivity index (χ0n) is 10.8. The van der Waals surface area contributed by atoms with Crippen LogP contribution in [-0.2, 0) is 6.54 Å². The molecule has 0 unspecified atom stereocenters. The maximum atomic E-state index is 11.8. The summed E-state index contributed by atoms with van der Waals surface area (Å²) in [5.41, 5.74) is 0.0796. The van der Waals surface area contributed by atoms with Crippen LogP contribution in [0.5, 0.6) is 0 Å². The second-order valence-corrected chi connectivity index (χ2v) is 4.46. The first-order chi connectivity index (χ1) is 9.24. The van der Waals surface area contributed by atoms with Crippen LogP contribution in [0.3, 0.4) is 0 Å². The van der Waals surface area contributed by atoms with Crippen LogP contribution in [-0.4, -0.2) is 4.57 Å². The van der Waals surface area contributed by atoms with Gasteiger partial charge in [0.05, 0.1) is 10.9 Å². The lowest BCUT2D eigenvalue weighted by Gasteiger charge is -2.07. The zero-order valence-corrected chi connectivity index (χ0v) is 10.8. The molecule has 1 aromatic carbocycles. The Balaban J connectivity index is 2.25. The number of unbranched alkanes of at least 4 members (excludes halogenated alkanes) is 3. The molecule has 2 rings (SSSR count). The molecule has 0 bridgehead atoms. The SMILES string of the molecule is C=CCCCCCn1c(=O)oc(=O)c2ccccc21. The van der Waals surface area contributed by atoms with Crippen molar-refractivity contribution in [1.82, 2.24) is 4.57 Å². The van der Waals surface area contributed by atoms with E-state index < -0.39 is 11.4 Å². The third kappa shape index (κ3) is 3.02. The lowest BCUT2D eigenvalue weighted by Crippen LogP contribution is -2.25. The molecule has 4 nitrogen and oxygen atoms in total. The molecule has 0 atom stereocenters. The Morgan fingerprint density at radius 2 is 1.95 bits per heavy atom. The van der Waals surface area contributed by atoms with E-state index in [-0.39, 0.29) is 0 Å². The van der Waals surface area contributed by atoms with Crippen molar-refractivity contribution in [3.8, 4) is 0 Å². The monoisotopic (exact) mass is 259 g/mol. The zero-order chi connectivity index (χ0) is 13.7. The molecular formula is C15H17NO3. The first kappa shape index (κ1) is 13.3. The topological polar surface area (TPSA) is 52.2 Å². The Labute approximate surface area is 111 Å². The van der Waals surface area contributed by atoms with Gasteiger partial charge in [0, 0.05) is 6.54 Å². The van der Waals surface area contributed by atoms with Crippen molar-refractivity contribution in [2.45, 2.75) is 32.2 Å². The van der Waals surface area contributed by atoms with Crippen molar-refractivity contribution in [1.29, 1.82) is 0 Å². The van der Waals surface area contributed by atoms with E-state index in [0.29, 0.717) is 17.4 Å². The van der Waals surface area contributed by atoms with Crippen LogP contribution in [0, 0.1) is 0 Å². The third-order valence-corrected chi connectivity index (χ3v) is 3.11.